The topological polar surface area (TPSA) is 9.23 Å². The zero-order chi connectivity index (χ0) is 18.5. The van der Waals surface area contributed by atoms with Crippen molar-refractivity contribution in [2.45, 2.75) is 64.7 Å². The lowest BCUT2D eigenvalue weighted by Crippen LogP contribution is -2.10. The van der Waals surface area contributed by atoms with E-state index in [0.29, 0.717) is 12.2 Å². The Labute approximate surface area is 155 Å². The minimum Gasteiger partial charge on any atom is -0.490 e. The number of hydrogen-bond donors (Lipinski definition) is 0. The normalized spacial score (nSPS) is 15.2. The molecule has 1 saturated carbocycles. The van der Waals surface area contributed by atoms with Crippen molar-refractivity contribution in [1.82, 2.24) is 0 Å². The molecule has 1 aliphatic rings. The van der Waals surface area contributed by atoms with Gasteiger partial charge in [0.2, 0.25) is 5.82 Å². The van der Waals surface area contributed by atoms with Gasteiger partial charge in [0.15, 0.2) is 11.6 Å². The maximum atomic E-state index is 14.9. The van der Waals surface area contributed by atoms with Crippen molar-refractivity contribution in [3.8, 4) is 16.9 Å². The molecule has 0 aromatic heterocycles. The molecule has 0 heterocycles. The van der Waals surface area contributed by atoms with Crippen LogP contribution < -0.4 is 4.74 Å². The Kier molecular flexibility index (Phi) is 6.29. The second kappa shape index (κ2) is 8.66. The zero-order valence-electron chi connectivity index (χ0n) is 15.8. The molecule has 0 N–H and O–H groups in total. The predicted octanol–water partition coefficient (Wildman–Crippen LogP) is 7.03. The third kappa shape index (κ3) is 3.92. The van der Waals surface area contributed by atoms with Crippen molar-refractivity contribution < 1.29 is 13.5 Å². The molecule has 3 rings (SSSR count). The average molecular weight is 358 g/mol. The van der Waals surface area contributed by atoms with E-state index in [4.69, 9.17) is 4.74 Å². The summed E-state index contributed by atoms with van der Waals surface area (Å²) in [6, 6.07) is 9.63. The molecule has 140 valence electrons. The lowest BCUT2D eigenvalue weighted by molar-refractivity contribution is 0.303. The first-order chi connectivity index (χ1) is 12.7. The molecular weight excluding hydrogens is 330 g/mol. The van der Waals surface area contributed by atoms with Gasteiger partial charge in [-0.3, -0.25) is 0 Å². The van der Waals surface area contributed by atoms with Crippen molar-refractivity contribution >= 4 is 0 Å². The quantitative estimate of drug-likeness (QED) is 0.538. The van der Waals surface area contributed by atoms with Crippen LogP contribution in [0.15, 0.2) is 30.3 Å². The van der Waals surface area contributed by atoms with Gasteiger partial charge in [0.05, 0.1) is 6.61 Å². The molecule has 1 aliphatic carbocycles. The van der Waals surface area contributed by atoms with Gasteiger partial charge in [-0.1, -0.05) is 56.9 Å². The summed E-state index contributed by atoms with van der Waals surface area (Å²) in [7, 11) is 0. The molecule has 2 aromatic carbocycles. The maximum absolute atomic E-state index is 14.9. The Morgan fingerprint density at radius 3 is 2.27 bits per heavy atom. The van der Waals surface area contributed by atoms with Gasteiger partial charge in [0, 0.05) is 11.1 Å². The molecule has 1 nitrogen and oxygen atoms in total. The predicted molar refractivity (Wildman–Crippen MR) is 103 cm³/mol. The minimum absolute atomic E-state index is 0.114. The number of rotatable bonds is 6. The van der Waals surface area contributed by atoms with E-state index in [1.807, 2.05) is 37.3 Å². The average Bonchev–Trinajstić information content (AvgIpc) is 2.68. The molecular formula is C23H28F2O. The highest BCUT2D eigenvalue weighted by atomic mass is 19.2. The number of aryl methyl sites for hydroxylation is 1. The van der Waals surface area contributed by atoms with Gasteiger partial charge in [-0.25, -0.2) is 4.39 Å². The highest BCUT2D eigenvalue weighted by Gasteiger charge is 2.26. The van der Waals surface area contributed by atoms with Gasteiger partial charge in [0.1, 0.15) is 0 Å². The van der Waals surface area contributed by atoms with Crippen LogP contribution in [0.1, 0.15) is 69.4 Å². The van der Waals surface area contributed by atoms with E-state index >= 15 is 0 Å². The van der Waals surface area contributed by atoms with Crippen LogP contribution in [0.3, 0.4) is 0 Å². The molecule has 0 saturated heterocycles. The summed E-state index contributed by atoms with van der Waals surface area (Å²) in [4.78, 5) is 0. The van der Waals surface area contributed by atoms with Gasteiger partial charge >= 0.3 is 0 Å². The Hall–Kier alpha value is -1.90. The first-order valence-electron chi connectivity index (χ1n) is 9.89. The smallest absolute Gasteiger partial charge is 0.201 e. The Bertz CT molecular complexity index is 731. The van der Waals surface area contributed by atoms with E-state index in [1.54, 1.807) is 0 Å². The van der Waals surface area contributed by atoms with Crippen LogP contribution >= 0.6 is 0 Å². The monoisotopic (exact) mass is 358 g/mol. The van der Waals surface area contributed by atoms with E-state index in [1.165, 1.54) is 12.0 Å². The molecule has 3 heteroatoms. The van der Waals surface area contributed by atoms with E-state index in [-0.39, 0.29) is 11.7 Å². The summed E-state index contributed by atoms with van der Waals surface area (Å²) in [5.41, 5.74) is 3.12. The molecule has 2 aromatic rings. The lowest BCUT2D eigenvalue weighted by atomic mass is 9.82. The molecule has 1 fully saturated rings. The largest absolute Gasteiger partial charge is 0.490 e. The summed E-state index contributed by atoms with van der Waals surface area (Å²) >= 11 is 0. The first kappa shape index (κ1) is 18.9. The second-order valence-corrected chi connectivity index (χ2v) is 7.19. The first-order valence-corrected chi connectivity index (χ1v) is 9.89. The van der Waals surface area contributed by atoms with Crippen molar-refractivity contribution in [2.75, 3.05) is 6.61 Å². The molecule has 0 radical (unpaired) electrons. The van der Waals surface area contributed by atoms with Gasteiger partial charge in [-0.15, -0.1) is 0 Å². The van der Waals surface area contributed by atoms with Crippen LogP contribution in [-0.4, -0.2) is 6.61 Å². The van der Waals surface area contributed by atoms with Gasteiger partial charge in [-0.2, -0.15) is 4.39 Å². The van der Waals surface area contributed by atoms with Crippen molar-refractivity contribution in [3.63, 3.8) is 0 Å². The third-order valence-corrected chi connectivity index (χ3v) is 5.33. The summed E-state index contributed by atoms with van der Waals surface area (Å²) in [6.07, 6.45) is 7.58. The number of ether oxygens (including phenoxy) is 1. The summed E-state index contributed by atoms with van der Waals surface area (Å²) in [5, 5.41) is 0. The van der Waals surface area contributed by atoms with Gasteiger partial charge < -0.3 is 4.74 Å². The van der Waals surface area contributed by atoms with E-state index in [9.17, 15) is 8.78 Å². The Morgan fingerprint density at radius 1 is 0.962 bits per heavy atom. The highest BCUT2D eigenvalue weighted by Crippen LogP contribution is 2.42. The minimum atomic E-state index is -0.845. The van der Waals surface area contributed by atoms with Crippen molar-refractivity contribution in [2.24, 2.45) is 0 Å². The van der Waals surface area contributed by atoms with Crippen molar-refractivity contribution in [1.29, 1.82) is 0 Å². The number of benzene rings is 2. The standard InChI is InChI=1S/C23H28F2O/c1-3-8-16-11-13-18(14-12-16)19-15-20(17-9-6-5-7-10-17)23(26-4-2)22(25)21(19)24/h11-15,17H,3-10H2,1-2H3. The van der Waals surface area contributed by atoms with Crippen LogP contribution in [0.2, 0.25) is 0 Å². The molecule has 0 unspecified atom stereocenters. The molecule has 0 atom stereocenters. The molecule has 0 amide bonds. The van der Waals surface area contributed by atoms with Crippen LogP contribution in [-0.2, 0) is 6.42 Å². The fourth-order valence-electron chi connectivity index (χ4n) is 3.99. The Morgan fingerprint density at radius 2 is 1.65 bits per heavy atom. The third-order valence-electron chi connectivity index (χ3n) is 5.33. The summed E-state index contributed by atoms with van der Waals surface area (Å²) < 4.78 is 35.2. The van der Waals surface area contributed by atoms with Crippen LogP contribution in [0.4, 0.5) is 8.78 Å². The number of hydrogen-bond acceptors (Lipinski definition) is 1. The fraction of sp³-hybridized carbons (Fsp3) is 0.478. The molecule has 0 bridgehead atoms. The van der Waals surface area contributed by atoms with E-state index < -0.39 is 11.6 Å². The number of halogens is 2. The fourth-order valence-corrected chi connectivity index (χ4v) is 3.99. The second-order valence-electron chi connectivity index (χ2n) is 7.19. The van der Waals surface area contributed by atoms with Gasteiger partial charge in [0.25, 0.3) is 0 Å². The summed E-state index contributed by atoms with van der Waals surface area (Å²) in [5.74, 6) is -1.29. The van der Waals surface area contributed by atoms with Crippen LogP contribution in [0, 0.1) is 11.6 Å². The maximum Gasteiger partial charge on any atom is 0.201 e. The van der Waals surface area contributed by atoms with E-state index in [2.05, 4.69) is 6.92 Å². The van der Waals surface area contributed by atoms with Crippen molar-refractivity contribution in [3.05, 3.63) is 53.1 Å². The molecule has 0 aliphatic heterocycles. The Balaban J connectivity index is 2.05. The SMILES string of the molecule is CCCc1ccc(-c2cc(C3CCCCC3)c(OCC)c(F)c2F)cc1. The van der Waals surface area contributed by atoms with Crippen LogP contribution in [0.25, 0.3) is 11.1 Å². The van der Waals surface area contributed by atoms with E-state index in [0.717, 1.165) is 49.7 Å². The van der Waals surface area contributed by atoms with Gasteiger partial charge in [-0.05, 0) is 49.3 Å². The lowest BCUT2D eigenvalue weighted by Gasteiger charge is -2.25. The highest BCUT2D eigenvalue weighted by molar-refractivity contribution is 5.67. The molecule has 0 spiro atoms. The summed E-state index contributed by atoms with van der Waals surface area (Å²) in [6.45, 7) is 4.27. The molecule has 26 heavy (non-hydrogen) atoms. The zero-order valence-corrected chi connectivity index (χ0v) is 15.8. The van der Waals surface area contributed by atoms with Crippen LogP contribution in [0.5, 0.6) is 5.75 Å².